The van der Waals surface area contributed by atoms with E-state index in [-0.39, 0.29) is 0 Å². The number of unbranched alkanes of at least 4 members (excludes halogenated alkanes) is 1. The van der Waals surface area contributed by atoms with Crippen molar-refractivity contribution < 1.29 is 5.11 Å². The van der Waals surface area contributed by atoms with Crippen molar-refractivity contribution in [2.24, 2.45) is 0 Å². The molecule has 0 aliphatic heterocycles. The fraction of sp³-hybridized carbons (Fsp3) is 0.462. The smallest absolute Gasteiger partial charge is 0.0991 e. The summed E-state index contributed by atoms with van der Waals surface area (Å²) in [5.74, 6) is 0. The maximum absolute atomic E-state index is 10.2. The fourth-order valence-corrected chi connectivity index (χ4v) is 1.59. The second kappa shape index (κ2) is 4.95. The van der Waals surface area contributed by atoms with Crippen LogP contribution in [0.2, 0.25) is 0 Å². The van der Waals surface area contributed by atoms with Crippen molar-refractivity contribution in [3.63, 3.8) is 0 Å². The van der Waals surface area contributed by atoms with Crippen LogP contribution >= 0.6 is 0 Å². The van der Waals surface area contributed by atoms with Gasteiger partial charge in [-0.1, -0.05) is 31.9 Å². The van der Waals surface area contributed by atoms with Crippen molar-refractivity contribution in [1.82, 2.24) is 0 Å². The number of rotatable bonds is 4. The van der Waals surface area contributed by atoms with Crippen molar-refractivity contribution in [3.05, 3.63) is 35.4 Å². The Balaban J connectivity index is 2.89. The molecule has 0 aromatic heterocycles. The van der Waals surface area contributed by atoms with Gasteiger partial charge >= 0.3 is 0 Å². The van der Waals surface area contributed by atoms with Crippen molar-refractivity contribution in [2.45, 2.75) is 38.7 Å². The third-order valence-electron chi connectivity index (χ3n) is 2.63. The summed E-state index contributed by atoms with van der Waals surface area (Å²) in [5, 5.41) is 19.0. The molecule has 0 saturated heterocycles. The summed E-state index contributed by atoms with van der Waals surface area (Å²) in [6, 6.07) is 9.28. The van der Waals surface area contributed by atoms with Crippen LogP contribution in [0.4, 0.5) is 0 Å². The summed E-state index contributed by atoms with van der Waals surface area (Å²) in [6.07, 6.45) is 2.79. The van der Waals surface area contributed by atoms with E-state index < -0.39 is 5.60 Å². The molecule has 0 heterocycles. The van der Waals surface area contributed by atoms with Gasteiger partial charge in [0.25, 0.3) is 0 Å². The van der Waals surface area contributed by atoms with Crippen molar-refractivity contribution in [1.29, 1.82) is 5.26 Å². The van der Waals surface area contributed by atoms with Gasteiger partial charge in [-0.3, -0.25) is 0 Å². The van der Waals surface area contributed by atoms with Gasteiger partial charge in [0.05, 0.1) is 17.2 Å². The molecule has 0 radical (unpaired) electrons. The Bertz CT molecular complexity index is 363. The fourth-order valence-electron chi connectivity index (χ4n) is 1.59. The molecule has 1 aromatic rings. The molecule has 0 bridgehead atoms. The lowest BCUT2D eigenvalue weighted by molar-refractivity contribution is 0.0453. The first kappa shape index (κ1) is 11.7. The minimum atomic E-state index is -0.817. The summed E-state index contributed by atoms with van der Waals surface area (Å²) >= 11 is 0. The largest absolute Gasteiger partial charge is 0.385 e. The molecule has 2 nitrogen and oxygen atoms in total. The van der Waals surface area contributed by atoms with Crippen LogP contribution in [0, 0.1) is 11.3 Å². The van der Waals surface area contributed by atoms with E-state index in [4.69, 9.17) is 5.26 Å². The average Bonchev–Trinajstić information content (AvgIpc) is 2.26. The summed E-state index contributed by atoms with van der Waals surface area (Å²) in [4.78, 5) is 0. The normalized spacial score (nSPS) is 14.3. The van der Waals surface area contributed by atoms with Gasteiger partial charge in [0.2, 0.25) is 0 Å². The minimum absolute atomic E-state index is 0.601. The Morgan fingerprint density at radius 1 is 1.47 bits per heavy atom. The van der Waals surface area contributed by atoms with Crippen molar-refractivity contribution in [2.75, 3.05) is 0 Å². The molecule has 1 aromatic carbocycles. The first-order valence-electron chi connectivity index (χ1n) is 5.33. The predicted octanol–water partition coefficient (Wildman–Crippen LogP) is 2.96. The number of nitrogens with zero attached hydrogens (tertiary/aromatic N) is 1. The molecule has 2 heteroatoms. The van der Waals surface area contributed by atoms with Gasteiger partial charge in [-0.25, -0.2) is 0 Å². The molecule has 15 heavy (non-hydrogen) atoms. The Kier molecular flexibility index (Phi) is 3.88. The lowest BCUT2D eigenvalue weighted by Gasteiger charge is -2.23. The van der Waals surface area contributed by atoms with Crippen LogP contribution in [0.1, 0.15) is 44.2 Å². The number of nitriles is 1. The first-order chi connectivity index (χ1) is 7.10. The number of aliphatic hydroxyl groups is 1. The maximum Gasteiger partial charge on any atom is 0.0991 e. The van der Waals surface area contributed by atoms with E-state index in [2.05, 4.69) is 13.0 Å². The Morgan fingerprint density at radius 2 is 2.20 bits per heavy atom. The van der Waals surface area contributed by atoms with Gasteiger partial charge in [0.1, 0.15) is 0 Å². The molecule has 80 valence electrons. The third-order valence-corrected chi connectivity index (χ3v) is 2.63. The number of hydrogen-bond acceptors (Lipinski definition) is 2. The SMILES string of the molecule is CCCCC(C)(O)c1cccc(C#N)c1. The Labute approximate surface area is 91.2 Å². The van der Waals surface area contributed by atoms with Gasteiger partial charge in [0.15, 0.2) is 0 Å². The van der Waals surface area contributed by atoms with Crippen LogP contribution in [0.3, 0.4) is 0 Å². The molecular weight excluding hydrogens is 186 g/mol. The molecule has 0 aliphatic carbocycles. The van der Waals surface area contributed by atoms with Crippen LogP contribution in [0.5, 0.6) is 0 Å². The summed E-state index contributed by atoms with van der Waals surface area (Å²) < 4.78 is 0. The van der Waals surface area contributed by atoms with Gasteiger partial charge in [0, 0.05) is 0 Å². The highest BCUT2D eigenvalue weighted by Gasteiger charge is 2.22. The quantitative estimate of drug-likeness (QED) is 0.817. The van der Waals surface area contributed by atoms with Gasteiger partial charge in [-0.2, -0.15) is 5.26 Å². The standard InChI is InChI=1S/C13H17NO/c1-3-4-8-13(2,15)12-7-5-6-11(9-12)10-14/h5-7,9,15H,3-4,8H2,1-2H3. The predicted molar refractivity (Wildman–Crippen MR) is 60.3 cm³/mol. The van der Waals surface area contributed by atoms with Crippen molar-refractivity contribution >= 4 is 0 Å². The highest BCUT2D eigenvalue weighted by Crippen LogP contribution is 2.26. The van der Waals surface area contributed by atoms with E-state index in [1.165, 1.54) is 0 Å². The van der Waals surface area contributed by atoms with Crippen LogP contribution in [0.15, 0.2) is 24.3 Å². The molecule has 0 spiro atoms. The van der Waals surface area contributed by atoms with Crippen LogP contribution < -0.4 is 0 Å². The lowest BCUT2D eigenvalue weighted by Crippen LogP contribution is -2.20. The zero-order valence-electron chi connectivity index (χ0n) is 9.33. The van der Waals surface area contributed by atoms with Crippen molar-refractivity contribution in [3.8, 4) is 6.07 Å². The molecule has 0 aliphatic rings. The van der Waals surface area contributed by atoms with E-state index in [1.54, 1.807) is 19.1 Å². The van der Waals surface area contributed by atoms with Gasteiger partial charge in [-0.15, -0.1) is 0 Å². The molecule has 0 amide bonds. The van der Waals surface area contributed by atoms with Crippen LogP contribution in [-0.4, -0.2) is 5.11 Å². The Morgan fingerprint density at radius 3 is 2.80 bits per heavy atom. The molecule has 1 unspecified atom stereocenters. The molecule has 1 atom stereocenters. The van der Waals surface area contributed by atoms with Gasteiger partial charge < -0.3 is 5.11 Å². The zero-order chi connectivity index (χ0) is 11.3. The zero-order valence-corrected chi connectivity index (χ0v) is 9.33. The second-order valence-electron chi connectivity index (χ2n) is 4.07. The average molecular weight is 203 g/mol. The van der Waals surface area contributed by atoms with E-state index in [9.17, 15) is 5.11 Å². The van der Waals surface area contributed by atoms with Gasteiger partial charge in [-0.05, 0) is 31.0 Å². The molecule has 1 rings (SSSR count). The van der Waals surface area contributed by atoms with Crippen LogP contribution in [-0.2, 0) is 5.60 Å². The minimum Gasteiger partial charge on any atom is -0.385 e. The maximum atomic E-state index is 10.2. The molecule has 0 saturated carbocycles. The highest BCUT2D eigenvalue weighted by molar-refractivity contribution is 5.35. The highest BCUT2D eigenvalue weighted by atomic mass is 16.3. The number of benzene rings is 1. The summed E-state index contributed by atoms with van der Waals surface area (Å²) in [7, 11) is 0. The third kappa shape index (κ3) is 3.07. The van der Waals surface area contributed by atoms with E-state index in [1.807, 2.05) is 12.1 Å². The molecule has 0 fully saturated rings. The van der Waals surface area contributed by atoms with E-state index in [0.29, 0.717) is 5.56 Å². The Hall–Kier alpha value is -1.33. The van der Waals surface area contributed by atoms with Crippen LogP contribution in [0.25, 0.3) is 0 Å². The monoisotopic (exact) mass is 203 g/mol. The topological polar surface area (TPSA) is 44.0 Å². The summed E-state index contributed by atoms with van der Waals surface area (Å²) in [5.41, 5.74) is 0.613. The summed E-state index contributed by atoms with van der Waals surface area (Å²) in [6.45, 7) is 3.90. The van der Waals surface area contributed by atoms with E-state index in [0.717, 1.165) is 24.8 Å². The first-order valence-corrected chi connectivity index (χ1v) is 5.33. The second-order valence-corrected chi connectivity index (χ2v) is 4.07. The van der Waals surface area contributed by atoms with E-state index >= 15 is 0 Å². The number of hydrogen-bond donors (Lipinski definition) is 1. The lowest BCUT2D eigenvalue weighted by atomic mass is 9.90. The molecular formula is C13H17NO. The molecule has 1 N–H and O–H groups in total.